The molecule has 0 saturated heterocycles. The van der Waals surface area contributed by atoms with Crippen molar-refractivity contribution in [1.29, 1.82) is 0 Å². The van der Waals surface area contributed by atoms with Gasteiger partial charge in [-0.05, 0) is 0 Å². The van der Waals surface area contributed by atoms with Crippen LogP contribution in [0, 0.1) is 0 Å². The van der Waals surface area contributed by atoms with Crippen molar-refractivity contribution >= 4 is 25.5 Å². The van der Waals surface area contributed by atoms with E-state index in [9.17, 15) is 0 Å². The molecule has 5 heteroatoms. The van der Waals surface area contributed by atoms with Gasteiger partial charge in [-0.15, -0.1) is 0 Å². The fourth-order valence-corrected chi connectivity index (χ4v) is 0.248. The van der Waals surface area contributed by atoms with Gasteiger partial charge >= 0.3 is 43.7 Å². The molecule has 1 aromatic heterocycles. The van der Waals surface area contributed by atoms with Gasteiger partial charge in [0.2, 0.25) is 0 Å². The Morgan fingerprint density at radius 1 is 1.00 bits per heavy atom. The zero-order valence-corrected chi connectivity index (χ0v) is 9.12. The van der Waals surface area contributed by atoms with E-state index in [-0.39, 0.29) is 0 Å². The quantitative estimate of drug-likeness (QED) is 0.702. The minimum Gasteiger partial charge on any atom is -0.670 e. The zero-order chi connectivity index (χ0) is 7.11. The van der Waals surface area contributed by atoms with Gasteiger partial charge in [0.25, 0.3) is 0 Å². The Kier molecular flexibility index (Phi) is 7.96. The second-order valence-electron chi connectivity index (χ2n) is 1.05. The molecular formula is C4H4Cl3NZr-. The summed E-state index contributed by atoms with van der Waals surface area (Å²) in [6, 6.07) is 3.78. The second-order valence-corrected chi connectivity index (χ2v) is 12.2. The van der Waals surface area contributed by atoms with E-state index >= 15 is 0 Å². The van der Waals surface area contributed by atoms with Crippen LogP contribution in [-0.2, 0) is 18.2 Å². The van der Waals surface area contributed by atoms with Crippen LogP contribution in [0.25, 0.3) is 0 Å². The van der Waals surface area contributed by atoms with E-state index in [0.29, 0.717) is 0 Å². The molecule has 0 aliphatic heterocycles. The van der Waals surface area contributed by atoms with Gasteiger partial charge in [-0.2, -0.15) is 12.4 Å². The van der Waals surface area contributed by atoms with E-state index in [0.717, 1.165) is 0 Å². The molecule has 0 aromatic carbocycles. The Hall–Kier alpha value is 1.03. The molecular weight excluding hydrogens is 260 g/mol. The van der Waals surface area contributed by atoms with Gasteiger partial charge < -0.3 is 4.98 Å². The standard InChI is InChI=1S/C4H4N.3ClH.Zr/c1-2-4-5-3-1;;;;/h1-4H;3*1H;/q-1;;;;+3/p-3. The predicted octanol–water partition coefficient (Wildman–Crippen LogP) is 2.71. The minimum absolute atomic E-state index is 1.75. The first kappa shape index (κ1) is 10.0. The van der Waals surface area contributed by atoms with Crippen molar-refractivity contribution in [3.63, 3.8) is 0 Å². The number of aromatic nitrogens is 1. The summed E-state index contributed by atoms with van der Waals surface area (Å²) in [6.07, 6.45) is 3.50. The summed E-state index contributed by atoms with van der Waals surface area (Å²) in [6.45, 7) is 0. The largest absolute Gasteiger partial charge is 0.670 e. The Morgan fingerprint density at radius 3 is 1.44 bits per heavy atom. The second kappa shape index (κ2) is 7.14. The van der Waals surface area contributed by atoms with Crippen molar-refractivity contribution < 1.29 is 18.2 Å². The molecule has 0 spiro atoms. The van der Waals surface area contributed by atoms with E-state index < -0.39 is 18.2 Å². The van der Waals surface area contributed by atoms with Crippen molar-refractivity contribution in [3.8, 4) is 0 Å². The van der Waals surface area contributed by atoms with Crippen LogP contribution in [-0.4, -0.2) is 0 Å². The van der Waals surface area contributed by atoms with Crippen LogP contribution in [0.3, 0.4) is 0 Å². The Balaban J connectivity index is 0.000000148. The topological polar surface area (TPSA) is 14.1 Å². The third-order valence-corrected chi connectivity index (χ3v) is 0.455. The van der Waals surface area contributed by atoms with E-state index in [1.54, 1.807) is 12.4 Å². The summed E-state index contributed by atoms with van der Waals surface area (Å²) in [5, 5.41) is 0. The number of rotatable bonds is 0. The molecule has 0 aliphatic carbocycles. The van der Waals surface area contributed by atoms with Crippen LogP contribution in [0.15, 0.2) is 24.5 Å². The molecule has 0 bridgehead atoms. The average Bonchev–Trinajstić information content (AvgIpc) is 2.11. The Morgan fingerprint density at radius 2 is 1.33 bits per heavy atom. The molecule has 0 saturated carbocycles. The van der Waals surface area contributed by atoms with Gasteiger partial charge in [0.05, 0.1) is 0 Å². The Labute approximate surface area is 72.6 Å². The molecule has 0 fully saturated rings. The molecule has 0 unspecified atom stereocenters. The van der Waals surface area contributed by atoms with Crippen LogP contribution in [0.4, 0.5) is 0 Å². The number of halogens is 3. The fourth-order valence-electron chi connectivity index (χ4n) is 0.248. The summed E-state index contributed by atoms with van der Waals surface area (Å²) < 4.78 is 0. The van der Waals surface area contributed by atoms with E-state index in [1.165, 1.54) is 0 Å². The molecule has 51 valence electrons. The minimum atomic E-state index is -2.13. The number of hydrogen-bond acceptors (Lipinski definition) is 0. The molecule has 1 heterocycles. The molecule has 1 nitrogen and oxygen atoms in total. The van der Waals surface area contributed by atoms with E-state index in [2.05, 4.69) is 4.98 Å². The van der Waals surface area contributed by atoms with Gasteiger partial charge in [-0.25, -0.2) is 0 Å². The van der Waals surface area contributed by atoms with Gasteiger partial charge in [0.1, 0.15) is 0 Å². The molecule has 9 heavy (non-hydrogen) atoms. The zero-order valence-electron chi connectivity index (χ0n) is 4.39. The van der Waals surface area contributed by atoms with Crippen LogP contribution < -0.4 is 4.98 Å². The van der Waals surface area contributed by atoms with Crippen LogP contribution in [0.1, 0.15) is 0 Å². The monoisotopic (exact) mass is 261 g/mol. The molecule has 0 atom stereocenters. The van der Waals surface area contributed by atoms with Crippen molar-refractivity contribution in [1.82, 2.24) is 4.98 Å². The molecule has 1 rings (SSSR count). The number of hydrogen-bond donors (Lipinski definition) is 0. The first-order valence-corrected chi connectivity index (χ1v) is 11.6. The summed E-state index contributed by atoms with van der Waals surface area (Å²) in [7, 11) is 15.0. The number of nitrogens with zero attached hydrogens (tertiary/aromatic N) is 1. The van der Waals surface area contributed by atoms with Gasteiger partial charge in [-0.1, -0.05) is 12.1 Å². The van der Waals surface area contributed by atoms with E-state index in [1.807, 2.05) is 12.1 Å². The van der Waals surface area contributed by atoms with Crippen molar-refractivity contribution in [2.75, 3.05) is 0 Å². The molecule has 0 radical (unpaired) electrons. The van der Waals surface area contributed by atoms with Crippen LogP contribution >= 0.6 is 25.5 Å². The molecule has 0 aliphatic rings. The van der Waals surface area contributed by atoms with Crippen LogP contribution in [0.2, 0.25) is 0 Å². The molecule has 0 amide bonds. The Bertz CT molecular complexity index is 99.4. The normalized spacial score (nSPS) is 7.44. The predicted molar refractivity (Wildman–Crippen MR) is 37.3 cm³/mol. The molecule has 0 N–H and O–H groups in total. The molecule has 1 aromatic rings. The van der Waals surface area contributed by atoms with Gasteiger partial charge in [0, 0.05) is 0 Å². The third-order valence-electron chi connectivity index (χ3n) is 0.455. The summed E-state index contributed by atoms with van der Waals surface area (Å²) in [4.78, 5) is 3.72. The summed E-state index contributed by atoms with van der Waals surface area (Å²) >= 11 is -2.13. The first-order chi connectivity index (χ1) is 4.23. The summed E-state index contributed by atoms with van der Waals surface area (Å²) in [5.41, 5.74) is 0. The van der Waals surface area contributed by atoms with Crippen molar-refractivity contribution in [3.05, 3.63) is 24.5 Å². The SMILES string of the molecule is [Cl][Zr]([Cl])[Cl].c1cc[n-]c1. The smallest absolute Gasteiger partial charge is 0.0860 e. The van der Waals surface area contributed by atoms with E-state index in [4.69, 9.17) is 25.5 Å². The maximum absolute atomic E-state index is 5.00. The first-order valence-electron chi connectivity index (χ1n) is 2.08. The van der Waals surface area contributed by atoms with Gasteiger partial charge in [-0.3, -0.25) is 0 Å². The van der Waals surface area contributed by atoms with Gasteiger partial charge in [0.15, 0.2) is 0 Å². The van der Waals surface area contributed by atoms with Crippen molar-refractivity contribution in [2.24, 2.45) is 0 Å². The van der Waals surface area contributed by atoms with Crippen LogP contribution in [0.5, 0.6) is 0 Å². The van der Waals surface area contributed by atoms with Crippen molar-refractivity contribution in [2.45, 2.75) is 0 Å². The average molecular weight is 264 g/mol. The third kappa shape index (κ3) is 12.3. The summed E-state index contributed by atoms with van der Waals surface area (Å²) in [5.74, 6) is 0. The maximum Gasteiger partial charge on any atom is -0.0860 e. The fraction of sp³-hybridized carbons (Fsp3) is 0. The maximum atomic E-state index is 5.00.